The van der Waals surface area contributed by atoms with Gasteiger partial charge in [0.05, 0.1) is 11.5 Å². The second kappa shape index (κ2) is 2.74. The highest BCUT2D eigenvalue weighted by molar-refractivity contribution is 5.23. The van der Waals surface area contributed by atoms with Crippen molar-refractivity contribution >= 4 is 0 Å². The number of nitriles is 1. The smallest absolute Gasteiger partial charge is 0.0698 e. The fourth-order valence-corrected chi connectivity index (χ4v) is 3.23. The molecule has 0 amide bonds. The first-order valence-electron chi connectivity index (χ1n) is 5.54. The Morgan fingerprint density at radius 2 is 1.69 bits per heavy atom. The van der Waals surface area contributed by atoms with E-state index in [0.29, 0.717) is 11.3 Å². The minimum absolute atomic E-state index is 0.0629. The van der Waals surface area contributed by atoms with Crippen LogP contribution < -0.4 is 0 Å². The van der Waals surface area contributed by atoms with E-state index >= 15 is 0 Å². The zero-order valence-electron chi connectivity index (χ0n) is 8.77. The molecule has 13 heavy (non-hydrogen) atoms. The van der Waals surface area contributed by atoms with Gasteiger partial charge in [0.2, 0.25) is 0 Å². The number of nitrogens with zero attached hydrogens (tertiary/aromatic N) is 1. The minimum Gasteiger partial charge on any atom is -0.198 e. The van der Waals surface area contributed by atoms with Crippen molar-refractivity contribution in [2.45, 2.75) is 52.4 Å². The highest BCUT2D eigenvalue weighted by Crippen LogP contribution is 2.69. The molecule has 0 aliphatic heterocycles. The summed E-state index contributed by atoms with van der Waals surface area (Å²) in [7, 11) is 0. The molecule has 2 fully saturated rings. The average molecular weight is 177 g/mol. The van der Waals surface area contributed by atoms with Crippen LogP contribution in [-0.2, 0) is 0 Å². The molecule has 1 nitrogen and oxygen atoms in total. The third kappa shape index (κ3) is 1.19. The van der Waals surface area contributed by atoms with E-state index in [1.54, 1.807) is 0 Å². The Bertz CT molecular complexity index is 242. The Morgan fingerprint density at radius 1 is 1.15 bits per heavy atom. The van der Waals surface area contributed by atoms with Crippen molar-refractivity contribution in [3.63, 3.8) is 0 Å². The maximum atomic E-state index is 9.29. The topological polar surface area (TPSA) is 23.8 Å². The Labute approximate surface area is 81.1 Å². The molecule has 0 aromatic carbocycles. The maximum Gasteiger partial charge on any atom is 0.0698 e. The molecule has 2 aliphatic rings. The van der Waals surface area contributed by atoms with Crippen molar-refractivity contribution in [3.8, 4) is 6.07 Å². The van der Waals surface area contributed by atoms with E-state index in [4.69, 9.17) is 0 Å². The molecule has 72 valence electrons. The van der Waals surface area contributed by atoms with Gasteiger partial charge in [-0.25, -0.2) is 0 Å². The van der Waals surface area contributed by atoms with Crippen LogP contribution in [0.1, 0.15) is 52.4 Å². The molecule has 1 atom stereocenters. The lowest BCUT2D eigenvalue weighted by Gasteiger charge is -2.28. The van der Waals surface area contributed by atoms with Gasteiger partial charge in [0.1, 0.15) is 0 Å². The van der Waals surface area contributed by atoms with E-state index in [0.717, 1.165) is 6.42 Å². The summed E-state index contributed by atoms with van der Waals surface area (Å²) >= 11 is 0. The highest BCUT2D eigenvalue weighted by atomic mass is 14.7. The van der Waals surface area contributed by atoms with E-state index in [1.807, 2.05) is 0 Å². The fraction of sp³-hybridized carbons (Fsp3) is 0.917. The summed E-state index contributed by atoms with van der Waals surface area (Å²) in [5.74, 6) is 0.709. The summed E-state index contributed by atoms with van der Waals surface area (Å²) < 4.78 is 0. The van der Waals surface area contributed by atoms with Crippen LogP contribution in [0, 0.1) is 28.1 Å². The maximum absolute atomic E-state index is 9.29. The lowest BCUT2D eigenvalue weighted by atomic mass is 9.75. The summed E-state index contributed by atoms with van der Waals surface area (Å²) in [6, 6.07) is 2.61. The van der Waals surface area contributed by atoms with Gasteiger partial charge in [-0.1, -0.05) is 33.1 Å². The van der Waals surface area contributed by atoms with Crippen molar-refractivity contribution in [3.05, 3.63) is 0 Å². The zero-order chi connectivity index (χ0) is 9.53. The van der Waals surface area contributed by atoms with E-state index < -0.39 is 0 Å². The molecule has 1 unspecified atom stereocenters. The molecule has 0 spiro atoms. The second-order valence-corrected chi connectivity index (χ2v) is 5.48. The normalized spacial score (nSPS) is 38.2. The first kappa shape index (κ1) is 9.06. The van der Waals surface area contributed by atoms with Crippen LogP contribution in [0.2, 0.25) is 0 Å². The zero-order valence-corrected chi connectivity index (χ0v) is 8.77. The fourth-order valence-electron chi connectivity index (χ4n) is 3.23. The van der Waals surface area contributed by atoms with E-state index in [1.165, 1.54) is 32.1 Å². The second-order valence-electron chi connectivity index (χ2n) is 5.48. The third-order valence-corrected chi connectivity index (χ3v) is 4.31. The largest absolute Gasteiger partial charge is 0.198 e. The number of rotatable bonds is 1. The van der Waals surface area contributed by atoms with Crippen LogP contribution in [0.5, 0.6) is 0 Å². The molecule has 0 N–H and O–H groups in total. The number of hydrogen-bond acceptors (Lipinski definition) is 1. The van der Waals surface area contributed by atoms with Crippen LogP contribution >= 0.6 is 0 Å². The van der Waals surface area contributed by atoms with Crippen molar-refractivity contribution in [1.29, 1.82) is 5.26 Å². The van der Waals surface area contributed by atoms with Gasteiger partial charge in [0.15, 0.2) is 0 Å². The van der Waals surface area contributed by atoms with Crippen LogP contribution in [0.4, 0.5) is 0 Å². The van der Waals surface area contributed by atoms with Crippen LogP contribution in [0.3, 0.4) is 0 Å². The van der Waals surface area contributed by atoms with Crippen LogP contribution in [0.15, 0.2) is 0 Å². The van der Waals surface area contributed by atoms with Gasteiger partial charge in [0.25, 0.3) is 0 Å². The van der Waals surface area contributed by atoms with Gasteiger partial charge in [-0.2, -0.15) is 5.26 Å². The van der Waals surface area contributed by atoms with Gasteiger partial charge in [-0.15, -0.1) is 0 Å². The molecule has 2 aliphatic carbocycles. The van der Waals surface area contributed by atoms with Crippen molar-refractivity contribution in [1.82, 2.24) is 0 Å². The van der Waals surface area contributed by atoms with Gasteiger partial charge >= 0.3 is 0 Å². The highest BCUT2D eigenvalue weighted by Gasteiger charge is 2.65. The Hall–Kier alpha value is -0.510. The van der Waals surface area contributed by atoms with Gasteiger partial charge in [-0.05, 0) is 30.6 Å². The molecule has 0 aromatic heterocycles. The lowest BCUT2D eigenvalue weighted by molar-refractivity contribution is 0.237. The van der Waals surface area contributed by atoms with Crippen molar-refractivity contribution in [2.24, 2.45) is 16.7 Å². The van der Waals surface area contributed by atoms with E-state index in [2.05, 4.69) is 19.9 Å². The van der Waals surface area contributed by atoms with Crippen molar-refractivity contribution in [2.75, 3.05) is 0 Å². The standard InChI is InChI=1S/C12H19N/c1-11(2)8-12(11,9-13)10-6-4-3-5-7-10/h10H,3-8H2,1-2H3. The molecule has 1 heteroatoms. The molecular formula is C12H19N. The van der Waals surface area contributed by atoms with Gasteiger partial charge in [0, 0.05) is 0 Å². The van der Waals surface area contributed by atoms with Crippen LogP contribution in [-0.4, -0.2) is 0 Å². The predicted molar refractivity (Wildman–Crippen MR) is 53.0 cm³/mol. The molecule has 0 heterocycles. The first-order chi connectivity index (χ1) is 6.12. The molecule has 0 aromatic rings. The van der Waals surface area contributed by atoms with Crippen molar-refractivity contribution < 1.29 is 0 Å². The van der Waals surface area contributed by atoms with Gasteiger partial charge in [-0.3, -0.25) is 0 Å². The summed E-state index contributed by atoms with van der Waals surface area (Å²) in [5.41, 5.74) is 0.372. The Balaban J connectivity index is 2.11. The Kier molecular flexibility index (Phi) is 1.91. The Morgan fingerprint density at radius 3 is 2.08 bits per heavy atom. The first-order valence-corrected chi connectivity index (χ1v) is 5.54. The van der Waals surface area contributed by atoms with Gasteiger partial charge < -0.3 is 0 Å². The quantitative estimate of drug-likeness (QED) is 0.601. The SMILES string of the molecule is CC1(C)CC1(C#N)C1CCCCC1. The molecule has 0 saturated heterocycles. The predicted octanol–water partition coefficient (Wildman–Crippen LogP) is 3.51. The summed E-state index contributed by atoms with van der Waals surface area (Å²) in [6.45, 7) is 4.51. The molecule has 2 rings (SSSR count). The monoisotopic (exact) mass is 177 g/mol. The van der Waals surface area contributed by atoms with E-state index in [-0.39, 0.29) is 5.41 Å². The molecule has 2 saturated carbocycles. The average Bonchev–Trinajstić information content (AvgIpc) is 2.72. The van der Waals surface area contributed by atoms with Crippen LogP contribution in [0.25, 0.3) is 0 Å². The summed E-state index contributed by atoms with van der Waals surface area (Å²) in [5, 5.41) is 9.29. The van der Waals surface area contributed by atoms with E-state index in [9.17, 15) is 5.26 Å². The third-order valence-electron chi connectivity index (χ3n) is 4.31. The molecular weight excluding hydrogens is 158 g/mol. The summed E-state index contributed by atoms with van der Waals surface area (Å²) in [4.78, 5) is 0. The summed E-state index contributed by atoms with van der Waals surface area (Å²) in [6.07, 6.45) is 7.84. The lowest BCUT2D eigenvalue weighted by Crippen LogP contribution is -2.22. The minimum atomic E-state index is 0.0629. The molecule has 0 bridgehead atoms. The number of hydrogen-bond donors (Lipinski definition) is 0. The molecule has 0 radical (unpaired) electrons.